The van der Waals surface area contributed by atoms with Gasteiger partial charge >= 0.3 is 0 Å². The number of ether oxygens (including phenoxy) is 1. The minimum absolute atomic E-state index is 0.0663. The predicted molar refractivity (Wildman–Crippen MR) is 130 cm³/mol. The van der Waals surface area contributed by atoms with Gasteiger partial charge in [0.05, 0.1) is 12.0 Å². The van der Waals surface area contributed by atoms with Crippen LogP contribution in [0.25, 0.3) is 0 Å². The minimum Gasteiger partial charge on any atom is -0.497 e. The summed E-state index contributed by atoms with van der Waals surface area (Å²) in [5, 5.41) is 5.38. The molecule has 8 nitrogen and oxygen atoms in total. The summed E-state index contributed by atoms with van der Waals surface area (Å²) >= 11 is 0. The highest BCUT2D eigenvalue weighted by Gasteiger charge is 2.14. The maximum atomic E-state index is 12.5. The zero-order chi connectivity index (χ0) is 24.4. The number of carbonyl (C=O) groups excluding carboxylic acids is 2. The van der Waals surface area contributed by atoms with E-state index in [4.69, 9.17) is 4.74 Å². The summed E-state index contributed by atoms with van der Waals surface area (Å²) in [6, 6.07) is 22.2. The first-order valence-corrected chi connectivity index (χ1v) is 12.2. The molecular weight excluding hydrogens is 454 g/mol. The average molecular weight is 482 g/mol. The van der Waals surface area contributed by atoms with E-state index in [-0.39, 0.29) is 36.2 Å². The zero-order valence-corrected chi connectivity index (χ0v) is 19.6. The number of benzene rings is 3. The van der Waals surface area contributed by atoms with Crippen LogP contribution in [0, 0.1) is 0 Å². The van der Waals surface area contributed by atoms with Gasteiger partial charge in [0.2, 0.25) is 15.9 Å². The fourth-order valence-electron chi connectivity index (χ4n) is 3.15. The molecule has 0 spiro atoms. The third-order valence-corrected chi connectivity index (χ3v) is 6.44. The molecule has 3 aromatic rings. The highest BCUT2D eigenvalue weighted by Crippen LogP contribution is 2.15. The summed E-state index contributed by atoms with van der Waals surface area (Å²) in [6.45, 7) is 0.436. The number of rotatable bonds is 11. The third-order valence-electron chi connectivity index (χ3n) is 4.97. The fraction of sp³-hybridized carbons (Fsp3) is 0.200. The van der Waals surface area contributed by atoms with Crippen molar-refractivity contribution in [1.29, 1.82) is 0 Å². The largest absolute Gasteiger partial charge is 0.497 e. The summed E-state index contributed by atoms with van der Waals surface area (Å²) < 4.78 is 32.6. The lowest BCUT2D eigenvalue weighted by molar-refractivity contribution is -0.116. The van der Waals surface area contributed by atoms with Crippen LogP contribution in [0.3, 0.4) is 0 Å². The Hall–Kier alpha value is -3.69. The highest BCUT2D eigenvalue weighted by molar-refractivity contribution is 7.89. The van der Waals surface area contributed by atoms with Crippen LogP contribution in [0.4, 0.5) is 5.69 Å². The topological polar surface area (TPSA) is 114 Å². The fourth-order valence-corrected chi connectivity index (χ4v) is 4.19. The van der Waals surface area contributed by atoms with Crippen molar-refractivity contribution in [2.45, 2.75) is 17.7 Å². The summed E-state index contributed by atoms with van der Waals surface area (Å²) in [7, 11) is -2.13. The lowest BCUT2D eigenvalue weighted by atomic mass is 10.2. The Morgan fingerprint density at radius 2 is 1.62 bits per heavy atom. The van der Waals surface area contributed by atoms with Crippen molar-refractivity contribution >= 4 is 27.5 Å². The number of nitrogens with one attached hydrogen (secondary N) is 3. The Morgan fingerprint density at radius 3 is 2.32 bits per heavy atom. The predicted octanol–water partition coefficient (Wildman–Crippen LogP) is 2.97. The van der Waals surface area contributed by atoms with E-state index in [9.17, 15) is 18.0 Å². The maximum Gasteiger partial charge on any atom is 0.251 e. The molecule has 0 radical (unpaired) electrons. The Labute approximate surface area is 199 Å². The maximum absolute atomic E-state index is 12.5. The summed E-state index contributed by atoms with van der Waals surface area (Å²) in [5.74, 6) is -0.0363. The SMILES string of the molecule is COc1cccc(C(=O)NCCC(=O)Nc2ccc(S(=O)(=O)NCCc3ccccc3)cc2)c1. The Kier molecular flexibility index (Phi) is 8.78. The second kappa shape index (κ2) is 12.0. The van der Waals surface area contributed by atoms with Crippen LogP contribution >= 0.6 is 0 Å². The molecule has 0 bridgehead atoms. The monoisotopic (exact) mass is 481 g/mol. The van der Waals surface area contributed by atoms with Gasteiger partial charge in [0, 0.05) is 30.8 Å². The molecule has 3 N–H and O–H groups in total. The van der Waals surface area contributed by atoms with Crippen LogP contribution in [-0.4, -0.2) is 40.4 Å². The van der Waals surface area contributed by atoms with Gasteiger partial charge in [-0.15, -0.1) is 0 Å². The Balaban J connectivity index is 1.44. The van der Waals surface area contributed by atoms with Gasteiger partial charge in [-0.05, 0) is 54.4 Å². The van der Waals surface area contributed by atoms with Crippen molar-refractivity contribution in [3.05, 3.63) is 90.0 Å². The van der Waals surface area contributed by atoms with E-state index in [1.165, 1.54) is 31.4 Å². The van der Waals surface area contributed by atoms with Crippen LogP contribution < -0.4 is 20.1 Å². The molecule has 178 valence electrons. The van der Waals surface area contributed by atoms with Gasteiger partial charge in [-0.25, -0.2) is 13.1 Å². The number of carbonyl (C=O) groups is 2. The number of methoxy groups -OCH3 is 1. The second-order valence-corrected chi connectivity index (χ2v) is 9.21. The first kappa shape index (κ1) is 24.9. The van der Waals surface area contributed by atoms with Crippen LogP contribution in [-0.2, 0) is 21.2 Å². The van der Waals surface area contributed by atoms with E-state index in [1.54, 1.807) is 24.3 Å². The molecule has 0 aliphatic carbocycles. The van der Waals surface area contributed by atoms with E-state index >= 15 is 0 Å². The van der Waals surface area contributed by atoms with Gasteiger partial charge in [0.1, 0.15) is 5.75 Å². The number of amides is 2. The smallest absolute Gasteiger partial charge is 0.251 e. The number of hydrogen-bond donors (Lipinski definition) is 3. The van der Waals surface area contributed by atoms with Crippen LogP contribution in [0.1, 0.15) is 22.3 Å². The number of hydrogen-bond acceptors (Lipinski definition) is 5. The van der Waals surface area contributed by atoms with Gasteiger partial charge in [-0.1, -0.05) is 36.4 Å². The highest BCUT2D eigenvalue weighted by atomic mass is 32.2. The lowest BCUT2D eigenvalue weighted by Gasteiger charge is -2.09. The minimum atomic E-state index is -3.65. The van der Waals surface area contributed by atoms with Crippen molar-refractivity contribution in [3.8, 4) is 5.75 Å². The average Bonchev–Trinajstić information content (AvgIpc) is 2.85. The summed E-state index contributed by atoms with van der Waals surface area (Å²) in [6.07, 6.45) is 0.652. The van der Waals surface area contributed by atoms with Crippen molar-refractivity contribution in [2.75, 3.05) is 25.5 Å². The molecule has 0 aliphatic rings. The molecule has 0 aromatic heterocycles. The van der Waals surface area contributed by atoms with E-state index in [2.05, 4.69) is 15.4 Å². The Bertz CT molecular complexity index is 1210. The van der Waals surface area contributed by atoms with E-state index in [0.717, 1.165) is 5.56 Å². The molecule has 34 heavy (non-hydrogen) atoms. The summed E-state index contributed by atoms with van der Waals surface area (Å²) in [4.78, 5) is 24.5. The van der Waals surface area contributed by atoms with Crippen LogP contribution in [0.5, 0.6) is 5.75 Å². The van der Waals surface area contributed by atoms with Crippen molar-refractivity contribution in [1.82, 2.24) is 10.0 Å². The first-order chi connectivity index (χ1) is 16.4. The summed E-state index contributed by atoms with van der Waals surface area (Å²) in [5.41, 5.74) is 1.95. The zero-order valence-electron chi connectivity index (χ0n) is 18.8. The molecular formula is C25H27N3O5S. The molecule has 3 aromatic carbocycles. The van der Waals surface area contributed by atoms with Gasteiger partial charge in [0.25, 0.3) is 5.91 Å². The molecule has 0 atom stereocenters. The molecule has 0 saturated heterocycles. The second-order valence-electron chi connectivity index (χ2n) is 7.44. The molecule has 0 aliphatic heterocycles. The molecule has 2 amide bonds. The lowest BCUT2D eigenvalue weighted by Crippen LogP contribution is -2.27. The molecule has 3 rings (SSSR count). The standard InChI is InChI=1S/C25H27N3O5S/c1-33-22-9-5-8-20(18-22)25(30)26-16-15-24(29)28-21-10-12-23(13-11-21)34(31,32)27-17-14-19-6-3-2-4-7-19/h2-13,18,27H,14-17H2,1H3,(H,26,30)(H,28,29). The third kappa shape index (κ3) is 7.43. The first-order valence-electron chi connectivity index (χ1n) is 10.7. The van der Waals surface area contributed by atoms with Gasteiger partial charge in [-0.3, -0.25) is 9.59 Å². The molecule has 0 saturated carbocycles. The van der Waals surface area contributed by atoms with Crippen LogP contribution in [0.2, 0.25) is 0 Å². The molecule has 0 unspecified atom stereocenters. The number of sulfonamides is 1. The molecule has 0 fully saturated rings. The van der Waals surface area contributed by atoms with Crippen molar-refractivity contribution in [3.63, 3.8) is 0 Å². The van der Waals surface area contributed by atoms with E-state index in [0.29, 0.717) is 23.4 Å². The van der Waals surface area contributed by atoms with E-state index < -0.39 is 10.0 Å². The quantitative estimate of drug-likeness (QED) is 0.390. The molecule has 0 heterocycles. The van der Waals surface area contributed by atoms with Gasteiger partial charge in [-0.2, -0.15) is 0 Å². The molecule has 9 heteroatoms. The normalized spacial score (nSPS) is 11.0. The number of anilines is 1. The van der Waals surface area contributed by atoms with Crippen LogP contribution in [0.15, 0.2) is 83.8 Å². The Morgan fingerprint density at radius 1 is 0.882 bits per heavy atom. The van der Waals surface area contributed by atoms with Crippen molar-refractivity contribution < 1.29 is 22.7 Å². The van der Waals surface area contributed by atoms with Gasteiger partial charge in [0.15, 0.2) is 0 Å². The van der Waals surface area contributed by atoms with Gasteiger partial charge < -0.3 is 15.4 Å². The van der Waals surface area contributed by atoms with E-state index in [1.807, 2.05) is 30.3 Å². The van der Waals surface area contributed by atoms with Crippen molar-refractivity contribution in [2.24, 2.45) is 0 Å².